The van der Waals surface area contributed by atoms with Crippen LogP contribution in [-0.4, -0.2) is 73.0 Å². The third-order valence-electron chi connectivity index (χ3n) is 7.73. The number of rotatable bonds is 4. The van der Waals surface area contributed by atoms with Crippen LogP contribution in [0.4, 0.5) is 0 Å². The van der Waals surface area contributed by atoms with Crippen molar-refractivity contribution in [2.24, 2.45) is 5.92 Å². The third-order valence-corrected chi connectivity index (χ3v) is 7.73. The molecule has 5 rings (SSSR count). The Balaban J connectivity index is 1.29. The van der Waals surface area contributed by atoms with Gasteiger partial charge in [-0.15, -0.1) is 0 Å². The van der Waals surface area contributed by atoms with Gasteiger partial charge in [0, 0.05) is 55.4 Å². The highest BCUT2D eigenvalue weighted by Crippen LogP contribution is 2.42. The standard InChI is InChI=1S/C29H36N2O2/c32-22-28-29(26-12-10-24(11-13-26)9-8-23-6-2-1-3-7-23)27-21-30(16-4-5-17-31(27)28)20-25-14-18-33-19-15-25/h1-3,6-7,10-13,25,27-29,32H,4-5,14-22H2/t27-,28-,29-/m1/s1. The molecule has 2 aromatic rings. The monoisotopic (exact) mass is 444 g/mol. The van der Waals surface area contributed by atoms with Crippen molar-refractivity contribution in [3.8, 4) is 11.8 Å². The second-order valence-electron chi connectivity index (χ2n) is 9.84. The Hall–Kier alpha value is -2.16. The molecule has 4 heteroatoms. The van der Waals surface area contributed by atoms with Crippen molar-refractivity contribution in [3.63, 3.8) is 0 Å². The molecule has 3 fully saturated rings. The fourth-order valence-corrected chi connectivity index (χ4v) is 5.93. The SMILES string of the molecule is OC[C@@H]1[C@H](c2ccc(C#Cc3ccccc3)cc2)[C@H]2CN(CC3CCOCC3)CCCCN12. The topological polar surface area (TPSA) is 35.9 Å². The van der Waals surface area contributed by atoms with Gasteiger partial charge < -0.3 is 14.7 Å². The normalized spacial score (nSPS) is 26.9. The van der Waals surface area contributed by atoms with Gasteiger partial charge in [-0.2, -0.15) is 0 Å². The summed E-state index contributed by atoms with van der Waals surface area (Å²) >= 11 is 0. The van der Waals surface area contributed by atoms with Gasteiger partial charge in [0.25, 0.3) is 0 Å². The minimum atomic E-state index is 0.233. The van der Waals surface area contributed by atoms with E-state index in [4.69, 9.17) is 4.74 Å². The van der Waals surface area contributed by atoms with E-state index in [0.717, 1.165) is 43.3 Å². The summed E-state index contributed by atoms with van der Waals surface area (Å²) in [6.45, 7) is 6.68. The number of aliphatic hydroxyl groups is 1. The van der Waals surface area contributed by atoms with Gasteiger partial charge in [-0.05, 0) is 74.5 Å². The Labute approximate surface area is 198 Å². The van der Waals surface area contributed by atoms with Gasteiger partial charge >= 0.3 is 0 Å². The van der Waals surface area contributed by atoms with Gasteiger partial charge in [0.2, 0.25) is 0 Å². The molecule has 3 saturated heterocycles. The summed E-state index contributed by atoms with van der Waals surface area (Å²) < 4.78 is 5.57. The van der Waals surface area contributed by atoms with Gasteiger partial charge in [-0.1, -0.05) is 42.2 Å². The van der Waals surface area contributed by atoms with Crippen LogP contribution >= 0.6 is 0 Å². The first-order chi connectivity index (χ1) is 16.3. The molecule has 0 aliphatic carbocycles. The van der Waals surface area contributed by atoms with E-state index < -0.39 is 0 Å². The van der Waals surface area contributed by atoms with Gasteiger partial charge in [0.15, 0.2) is 0 Å². The quantitative estimate of drug-likeness (QED) is 0.729. The number of fused-ring (bicyclic) bond motifs is 1. The van der Waals surface area contributed by atoms with Crippen LogP contribution in [-0.2, 0) is 4.74 Å². The predicted octanol–water partition coefficient (Wildman–Crippen LogP) is 3.74. The van der Waals surface area contributed by atoms with E-state index in [0.29, 0.717) is 12.0 Å². The van der Waals surface area contributed by atoms with Crippen molar-refractivity contribution in [2.45, 2.75) is 43.7 Å². The van der Waals surface area contributed by atoms with Crippen LogP contribution < -0.4 is 0 Å². The van der Waals surface area contributed by atoms with Crippen LogP contribution in [0.3, 0.4) is 0 Å². The maximum atomic E-state index is 10.2. The van der Waals surface area contributed by atoms with Crippen molar-refractivity contribution in [1.82, 2.24) is 9.80 Å². The summed E-state index contributed by atoms with van der Waals surface area (Å²) in [5, 5.41) is 10.2. The van der Waals surface area contributed by atoms with E-state index in [9.17, 15) is 5.11 Å². The Morgan fingerprint density at radius 1 is 0.879 bits per heavy atom. The number of benzene rings is 2. The number of aliphatic hydroxyl groups excluding tert-OH is 1. The molecule has 0 radical (unpaired) electrons. The van der Waals surface area contributed by atoms with Crippen LogP contribution in [0.25, 0.3) is 0 Å². The highest BCUT2D eigenvalue weighted by atomic mass is 16.5. The summed E-state index contributed by atoms with van der Waals surface area (Å²) in [5.74, 6) is 7.69. The lowest BCUT2D eigenvalue weighted by atomic mass is 9.74. The van der Waals surface area contributed by atoms with Gasteiger partial charge in [0.05, 0.1) is 6.61 Å². The Bertz CT molecular complexity index is 943. The van der Waals surface area contributed by atoms with E-state index in [-0.39, 0.29) is 12.6 Å². The molecule has 3 atom stereocenters. The van der Waals surface area contributed by atoms with E-state index in [1.54, 1.807) is 0 Å². The van der Waals surface area contributed by atoms with E-state index in [2.05, 4.69) is 45.9 Å². The molecule has 3 aliphatic heterocycles. The summed E-state index contributed by atoms with van der Waals surface area (Å²) in [5.41, 5.74) is 3.42. The molecule has 4 nitrogen and oxygen atoms in total. The molecule has 0 spiro atoms. The number of hydrogen-bond acceptors (Lipinski definition) is 4. The summed E-state index contributed by atoms with van der Waals surface area (Å²) in [6.07, 6.45) is 4.86. The molecule has 1 N–H and O–H groups in total. The second-order valence-corrected chi connectivity index (χ2v) is 9.84. The molecule has 0 unspecified atom stereocenters. The minimum absolute atomic E-state index is 0.233. The fraction of sp³-hybridized carbons (Fsp3) is 0.517. The Kier molecular flexibility index (Phi) is 7.43. The van der Waals surface area contributed by atoms with E-state index in [1.165, 1.54) is 44.3 Å². The lowest BCUT2D eigenvalue weighted by molar-refractivity contribution is -0.0677. The van der Waals surface area contributed by atoms with Crippen LogP contribution in [0.1, 0.15) is 48.3 Å². The molecule has 33 heavy (non-hydrogen) atoms. The van der Waals surface area contributed by atoms with Crippen molar-refractivity contribution < 1.29 is 9.84 Å². The number of nitrogens with zero attached hydrogens (tertiary/aromatic N) is 2. The highest BCUT2D eigenvalue weighted by Gasteiger charge is 2.49. The first-order valence-electron chi connectivity index (χ1n) is 12.7. The van der Waals surface area contributed by atoms with Gasteiger partial charge in [0.1, 0.15) is 0 Å². The first kappa shape index (κ1) is 22.6. The minimum Gasteiger partial charge on any atom is -0.395 e. The summed E-state index contributed by atoms with van der Waals surface area (Å²) in [6, 6.07) is 19.6. The fourth-order valence-electron chi connectivity index (χ4n) is 5.93. The van der Waals surface area contributed by atoms with Crippen LogP contribution in [0.2, 0.25) is 0 Å². The molecule has 0 aromatic heterocycles. The van der Waals surface area contributed by atoms with Crippen LogP contribution in [0, 0.1) is 17.8 Å². The molecule has 0 saturated carbocycles. The molecule has 3 heterocycles. The molecular weight excluding hydrogens is 408 g/mol. The second kappa shape index (κ2) is 10.8. The van der Waals surface area contributed by atoms with Crippen LogP contribution in [0.15, 0.2) is 54.6 Å². The summed E-state index contributed by atoms with van der Waals surface area (Å²) in [4.78, 5) is 5.27. The van der Waals surface area contributed by atoms with Crippen molar-refractivity contribution >= 4 is 0 Å². The molecule has 2 aromatic carbocycles. The molecule has 0 bridgehead atoms. The number of hydrogen-bond donors (Lipinski definition) is 1. The van der Waals surface area contributed by atoms with Crippen LogP contribution in [0.5, 0.6) is 0 Å². The zero-order valence-electron chi connectivity index (χ0n) is 19.5. The molecular formula is C29H36N2O2. The predicted molar refractivity (Wildman–Crippen MR) is 132 cm³/mol. The maximum absolute atomic E-state index is 10.2. The average molecular weight is 445 g/mol. The van der Waals surface area contributed by atoms with Crippen molar-refractivity contribution in [2.75, 3.05) is 46.0 Å². The average Bonchev–Trinajstić information content (AvgIpc) is 2.85. The van der Waals surface area contributed by atoms with Crippen molar-refractivity contribution in [3.05, 3.63) is 71.3 Å². The first-order valence-corrected chi connectivity index (χ1v) is 12.7. The smallest absolute Gasteiger partial charge is 0.0593 e. The Morgan fingerprint density at radius 2 is 1.58 bits per heavy atom. The third kappa shape index (κ3) is 5.34. The van der Waals surface area contributed by atoms with E-state index in [1.807, 2.05) is 30.3 Å². The number of ether oxygens (including phenoxy) is 1. The van der Waals surface area contributed by atoms with Crippen molar-refractivity contribution in [1.29, 1.82) is 0 Å². The Morgan fingerprint density at radius 3 is 2.30 bits per heavy atom. The highest BCUT2D eigenvalue weighted by molar-refractivity contribution is 5.44. The molecule has 0 amide bonds. The van der Waals surface area contributed by atoms with Gasteiger partial charge in [-0.3, -0.25) is 4.90 Å². The summed E-state index contributed by atoms with van der Waals surface area (Å²) in [7, 11) is 0. The van der Waals surface area contributed by atoms with Gasteiger partial charge in [-0.25, -0.2) is 0 Å². The largest absolute Gasteiger partial charge is 0.395 e. The maximum Gasteiger partial charge on any atom is 0.0593 e. The van der Waals surface area contributed by atoms with E-state index >= 15 is 0 Å². The zero-order chi connectivity index (χ0) is 22.5. The molecule has 174 valence electrons. The molecule has 3 aliphatic rings. The zero-order valence-corrected chi connectivity index (χ0v) is 19.5. The lowest BCUT2D eigenvalue weighted by Gasteiger charge is -2.57. The lowest BCUT2D eigenvalue weighted by Crippen LogP contribution is -2.67.